The molecular formula is C14H24N4O2S. The molecule has 1 N–H and O–H groups in total. The van der Waals surface area contributed by atoms with Crippen molar-refractivity contribution < 1.29 is 9.59 Å². The molecule has 0 aromatic heterocycles. The molecule has 2 amide bonds. The highest BCUT2D eigenvalue weighted by Crippen LogP contribution is 2.24. The van der Waals surface area contributed by atoms with Crippen molar-refractivity contribution in [3.8, 4) is 0 Å². The van der Waals surface area contributed by atoms with Crippen LogP contribution in [0.15, 0.2) is 0 Å². The molecule has 0 spiro atoms. The van der Waals surface area contributed by atoms with Gasteiger partial charge in [-0.3, -0.25) is 14.5 Å². The molecule has 2 rings (SSSR count). The molecule has 21 heavy (non-hydrogen) atoms. The van der Waals surface area contributed by atoms with Gasteiger partial charge in [-0.1, -0.05) is 0 Å². The summed E-state index contributed by atoms with van der Waals surface area (Å²) in [7, 11) is 3.92. The molecule has 0 radical (unpaired) electrons. The zero-order valence-electron chi connectivity index (χ0n) is 12.8. The minimum absolute atomic E-state index is 0.00247. The molecule has 0 bridgehead atoms. The van der Waals surface area contributed by atoms with Crippen LogP contribution >= 0.6 is 12.2 Å². The lowest BCUT2D eigenvalue weighted by atomic mass is 10.2. The van der Waals surface area contributed by atoms with E-state index in [4.69, 9.17) is 12.2 Å². The second-order valence-electron chi connectivity index (χ2n) is 5.80. The topological polar surface area (TPSA) is 55.9 Å². The minimum atomic E-state index is 0.00247. The highest BCUT2D eigenvalue weighted by molar-refractivity contribution is 7.80. The Morgan fingerprint density at radius 1 is 1.38 bits per heavy atom. The molecule has 6 nitrogen and oxygen atoms in total. The largest absolute Gasteiger partial charge is 0.362 e. The maximum Gasteiger partial charge on any atom is 0.230 e. The van der Waals surface area contributed by atoms with E-state index in [1.807, 2.05) is 7.05 Å². The molecule has 0 unspecified atom stereocenters. The van der Waals surface area contributed by atoms with Gasteiger partial charge in [0.1, 0.15) is 0 Å². The molecule has 118 valence electrons. The Bertz CT molecular complexity index is 409. The fraction of sp³-hybridized carbons (Fsp3) is 0.786. The summed E-state index contributed by atoms with van der Waals surface area (Å²) >= 11 is 5.11. The number of thiocarbonyl (C=S) groups is 1. The van der Waals surface area contributed by atoms with Gasteiger partial charge >= 0.3 is 0 Å². The SMILES string of the molecule is CN(CCN(C)C1CC1)C(=O)CCN1C(=O)CCNC1=S. The van der Waals surface area contributed by atoms with Crippen molar-refractivity contribution >= 4 is 29.1 Å². The van der Waals surface area contributed by atoms with Crippen LogP contribution in [-0.2, 0) is 9.59 Å². The average molecular weight is 312 g/mol. The van der Waals surface area contributed by atoms with E-state index in [1.54, 1.807) is 4.90 Å². The van der Waals surface area contributed by atoms with E-state index < -0.39 is 0 Å². The standard InChI is InChI=1S/C14H24N4O2S/c1-16(11-3-4-11)9-10-17(2)12(19)6-8-18-13(20)5-7-15-14(18)21/h11H,3-10H2,1-2H3,(H,15,21). The zero-order valence-corrected chi connectivity index (χ0v) is 13.6. The number of carbonyl (C=O) groups is 2. The van der Waals surface area contributed by atoms with Crippen molar-refractivity contribution in [1.29, 1.82) is 0 Å². The Balaban J connectivity index is 1.70. The number of carbonyl (C=O) groups excluding carboxylic acids is 2. The molecule has 1 saturated carbocycles. The lowest BCUT2D eigenvalue weighted by Gasteiger charge is -2.29. The second kappa shape index (κ2) is 7.17. The van der Waals surface area contributed by atoms with Crippen LogP contribution in [-0.4, -0.2) is 77.9 Å². The summed E-state index contributed by atoms with van der Waals surface area (Å²) in [5.41, 5.74) is 0. The van der Waals surface area contributed by atoms with E-state index >= 15 is 0 Å². The first-order chi connectivity index (χ1) is 9.99. The van der Waals surface area contributed by atoms with Crippen molar-refractivity contribution in [2.24, 2.45) is 0 Å². The fourth-order valence-electron chi connectivity index (χ4n) is 2.37. The van der Waals surface area contributed by atoms with E-state index in [0.717, 1.165) is 13.1 Å². The maximum absolute atomic E-state index is 12.1. The Hall–Kier alpha value is -1.21. The molecular weight excluding hydrogens is 288 g/mol. The zero-order chi connectivity index (χ0) is 15.4. The first-order valence-electron chi connectivity index (χ1n) is 7.51. The predicted molar refractivity (Wildman–Crippen MR) is 84.8 cm³/mol. The van der Waals surface area contributed by atoms with E-state index in [1.165, 1.54) is 17.7 Å². The number of amides is 2. The Labute approximate surface area is 131 Å². The van der Waals surface area contributed by atoms with Gasteiger partial charge in [-0.05, 0) is 32.1 Å². The molecule has 1 heterocycles. The lowest BCUT2D eigenvalue weighted by Crippen LogP contribution is -2.50. The molecule has 0 aromatic rings. The maximum atomic E-state index is 12.1. The summed E-state index contributed by atoms with van der Waals surface area (Å²) in [5, 5.41) is 3.42. The third-order valence-electron chi connectivity index (χ3n) is 4.09. The van der Waals surface area contributed by atoms with Gasteiger partial charge in [0.15, 0.2) is 5.11 Å². The van der Waals surface area contributed by atoms with Gasteiger partial charge in [-0.15, -0.1) is 0 Å². The minimum Gasteiger partial charge on any atom is -0.362 e. The van der Waals surface area contributed by atoms with Gasteiger partial charge in [0.2, 0.25) is 11.8 Å². The van der Waals surface area contributed by atoms with Gasteiger partial charge in [-0.25, -0.2) is 0 Å². The molecule has 1 aliphatic heterocycles. The average Bonchev–Trinajstić information content (AvgIpc) is 3.28. The second-order valence-corrected chi connectivity index (χ2v) is 6.19. The van der Waals surface area contributed by atoms with Crippen LogP contribution in [0.4, 0.5) is 0 Å². The summed E-state index contributed by atoms with van der Waals surface area (Å²) in [6.07, 6.45) is 3.30. The lowest BCUT2D eigenvalue weighted by molar-refractivity contribution is -0.131. The van der Waals surface area contributed by atoms with Crippen LogP contribution in [0.5, 0.6) is 0 Å². The third kappa shape index (κ3) is 4.64. The van der Waals surface area contributed by atoms with Crippen LogP contribution in [0.3, 0.4) is 0 Å². The first kappa shape index (κ1) is 16.2. The van der Waals surface area contributed by atoms with Crippen LogP contribution in [0.1, 0.15) is 25.7 Å². The number of nitrogens with one attached hydrogen (secondary N) is 1. The Morgan fingerprint density at radius 3 is 2.71 bits per heavy atom. The monoisotopic (exact) mass is 312 g/mol. The predicted octanol–water partition coefficient (Wildman–Crippen LogP) is 0.0359. The fourth-order valence-corrected chi connectivity index (χ4v) is 2.67. The highest BCUT2D eigenvalue weighted by atomic mass is 32.1. The van der Waals surface area contributed by atoms with Crippen molar-refractivity contribution in [3.05, 3.63) is 0 Å². The van der Waals surface area contributed by atoms with Gasteiger partial charge in [0.25, 0.3) is 0 Å². The number of rotatable bonds is 7. The van der Waals surface area contributed by atoms with E-state index in [9.17, 15) is 9.59 Å². The van der Waals surface area contributed by atoms with Crippen molar-refractivity contribution in [2.45, 2.75) is 31.7 Å². The van der Waals surface area contributed by atoms with Crippen molar-refractivity contribution in [1.82, 2.24) is 20.0 Å². The first-order valence-corrected chi connectivity index (χ1v) is 7.92. The van der Waals surface area contributed by atoms with E-state index in [0.29, 0.717) is 37.1 Å². The summed E-state index contributed by atoms with van der Waals surface area (Å²) in [6.45, 7) is 2.58. The van der Waals surface area contributed by atoms with Crippen LogP contribution in [0.25, 0.3) is 0 Å². The summed E-state index contributed by atoms with van der Waals surface area (Å²) in [4.78, 5) is 29.4. The Kier molecular flexibility index (Phi) is 5.52. The van der Waals surface area contributed by atoms with Gasteiger partial charge < -0.3 is 15.1 Å². The number of nitrogens with zero attached hydrogens (tertiary/aromatic N) is 3. The Morgan fingerprint density at radius 2 is 2.10 bits per heavy atom. The normalized spacial score (nSPS) is 18.9. The van der Waals surface area contributed by atoms with Gasteiger partial charge in [0, 0.05) is 52.1 Å². The highest BCUT2D eigenvalue weighted by Gasteiger charge is 2.26. The molecule has 2 fully saturated rings. The van der Waals surface area contributed by atoms with Crippen LogP contribution in [0.2, 0.25) is 0 Å². The number of hydrogen-bond donors (Lipinski definition) is 1. The molecule has 7 heteroatoms. The summed E-state index contributed by atoms with van der Waals surface area (Å²) in [6, 6.07) is 0.711. The number of hydrogen-bond acceptors (Lipinski definition) is 4. The summed E-state index contributed by atoms with van der Waals surface area (Å²) < 4.78 is 0. The summed E-state index contributed by atoms with van der Waals surface area (Å²) in [5.74, 6) is 0.0584. The van der Waals surface area contributed by atoms with Crippen LogP contribution in [0, 0.1) is 0 Å². The van der Waals surface area contributed by atoms with Crippen molar-refractivity contribution in [2.75, 3.05) is 40.3 Å². The molecule has 0 atom stereocenters. The van der Waals surface area contributed by atoms with E-state index in [2.05, 4.69) is 17.3 Å². The van der Waals surface area contributed by atoms with E-state index in [-0.39, 0.29) is 11.8 Å². The quantitative estimate of drug-likeness (QED) is 0.673. The molecule has 0 aromatic carbocycles. The van der Waals surface area contributed by atoms with Crippen LogP contribution < -0.4 is 5.32 Å². The molecule has 2 aliphatic rings. The molecule has 1 saturated heterocycles. The smallest absolute Gasteiger partial charge is 0.230 e. The van der Waals surface area contributed by atoms with Gasteiger partial charge in [0.05, 0.1) is 0 Å². The number of likely N-dealkylation sites (N-methyl/N-ethyl adjacent to an activating group) is 2. The third-order valence-corrected chi connectivity index (χ3v) is 4.46. The molecule has 1 aliphatic carbocycles. The van der Waals surface area contributed by atoms with Gasteiger partial charge in [-0.2, -0.15) is 0 Å². The van der Waals surface area contributed by atoms with Crippen molar-refractivity contribution in [3.63, 3.8) is 0 Å².